The molecule has 0 radical (unpaired) electrons. The number of hydrogen-bond acceptors (Lipinski definition) is 4. The first-order valence-electron chi connectivity index (χ1n) is 5.19. The van der Waals surface area contributed by atoms with Crippen molar-refractivity contribution < 1.29 is 4.79 Å². The highest BCUT2D eigenvalue weighted by Gasteiger charge is 2.11. The van der Waals surface area contributed by atoms with Crippen LogP contribution in [0.5, 0.6) is 0 Å². The molecule has 1 amide bonds. The van der Waals surface area contributed by atoms with Gasteiger partial charge in [-0.2, -0.15) is 5.10 Å². The molecule has 6 heteroatoms. The summed E-state index contributed by atoms with van der Waals surface area (Å²) in [7, 11) is 1.84. The summed E-state index contributed by atoms with van der Waals surface area (Å²) in [5.41, 5.74) is 7.33. The minimum Gasteiger partial charge on any atom is -0.398 e. The highest BCUT2D eigenvalue weighted by Crippen LogP contribution is 2.23. The number of anilines is 1. The molecule has 0 aliphatic carbocycles. The van der Waals surface area contributed by atoms with E-state index in [0.717, 1.165) is 10.6 Å². The van der Waals surface area contributed by atoms with Gasteiger partial charge in [0.05, 0.1) is 17.1 Å². The number of nitrogens with one attached hydrogen (secondary N) is 1. The average molecular weight is 250 g/mol. The van der Waals surface area contributed by atoms with Crippen LogP contribution in [-0.2, 0) is 13.6 Å². The number of nitrogens with zero attached hydrogens (tertiary/aromatic N) is 2. The van der Waals surface area contributed by atoms with E-state index in [0.29, 0.717) is 17.1 Å². The molecule has 0 bridgehead atoms. The molecule has 0 spiro atoms. The van der Waals surface area contributed by atoms with E-state index in [2.05, 4.69) is 10.4 Å². The number of aryl methyl sites for hydroxylation is 2. The third kappa shape index (κ3) is 2.47. The van der Waals surface area contributed by atoms with Gasteiger partial charge in [-0.15, -0.1) is 11.3 Å². The summed E-state index contributed by atoms with van der Waals surface area (Å²) >= 11 is 1.40. The number of hydrogen-bond donors (Lipinski definition) is 2. The molecule has 0 saturated carbocycles. The second-order valence-corrected chi connectivity index (χ2v) is 5.01. The second-order valence-electron chi connectivity index (χ2n) is 3.75. The Morgan fingerprint density at radius 3 is 2.94 bits per heavy atom. The number of nitrogens with two attached hydrogens (primary N) is 1. The lowest BCUT2D eigenvalue weighted by Gasteiger charge is -2.03. The number of aromatic nitrogens is 2. The summed E-state index contributed by atoms with van der Waals surface area (Å²) < 4.78 is 1.73. The van der Waals surface area contributed by atoms with Crippen LogP contribution in [0, 0.1) is 6.92 Å². The van der Waals surface area contributed by atoms with Gasteiger partial charge < -0.3 is 11.1 Å². The van der Waals surface area contributed by atoms with Crippen LogP contribution in [0.25, 0.3) is 0 Å². The Morgan fingerprint density at radius 2 is 2.41 bits per heavy atom. The molecule has 0 aromatic carbocycles. The van der Waals surface area contributed by atoms with E-state index < -0.39 is 0 Å². The summed E-state index contributed by atoms with van der Waals surface area (Å²) in [5, 5.41) is 6.87. The van der Waals surface area contributed by atoms with Crippen molar-refractivity contribution >= 4 is 22.9 Å². The molecule has 0 fully saturated rings. The number of thiophene rings is 1. The van der Waals surface area contributed by atoms with Crippen LogP contribution in [-0.4, -0.2) is 15.7 Å². The Bertz CT molecular complexity index is 524. The Hall–Kier alpha value is -1.82. The van der Waals surface area contributed by atoms with Crippen LogP contribution in [0.2, 0.25) is 0 Å². The topological polar surface area (TPSA) is 72.9 Å². The van der Waals surface area contributed by atoms with Crippen molar-refractivity contribution in [3.8, 4) is 0 Å². The number of carbonyl (C=O) groups is 1. The fourth-order valence-electron chi connectivity index (χ4n) is 1.44. The maximum Gasteiger partial charge on any atom is 0.261 e. The normalized spacial score (nSPS) is 10.5. The lowest BCUT2D eigenvalue weighted by Crippen LogP contribution is -2.23. The number of nitrogen functional groups attached to an aromatic ring is 1. The monoisotopic (exact) mass is 250 g/mol. The van der Waals surface area contributed by atoms with Crippen molar-refractivity contribution in [2.75, 3.05) is 5.73 Å². The molecule has 3 N–H and O–H groups in total. The quantitative estimate of drug-likeness (QED) is 0.862. The molecule has 0 atom stereocenters. The number of carbonyl (C=O) groups excluding carboxylic acids is 1. The van der Waals surface area contributed by atoms with Crippen LogP contribution < -0.4 is 11.1 Å². The van der Waals surface area contributed by atoms with E-state index in [-0.39, 0.29) is 5.91 Å². The summed E-state index contributed by atoms with van der Waals surface area (Å²) in [6.07, 6.45) is 1.70. The first kappa shape index (κ1) is 11.7. The third-order valence-corrected chi connectivity index (χ3v) is 3.60. The van der Waals surface area contributed by atoms with E-state index in [4.69, 9.17) is 5.73 Å². The zero-order valence-corrected chi connectivity index (χ0v) is 10.5. The third-order valence-electron chi connectivity index (χ3n) is 2.53. The van der Waals surface area contributed by atoms with Crippen molar-refractivity contribution in [2.45, 2.75) is 13.5 Å². The van der Waals surface area contributed by atoms with E-state index in [9.17, 15) is 4.79 Å². The van der Waals surface area contributed by atoms with E-state index in [1.165, 1.54) is 11.3 Å². The minimum absolute atomic E-state index is 0.101. The average Bonchev–Trinajstić information content (AvgIpc) is 2.83. The molecule has 2 heterocycles. The Labute approximate surface area is 103 Å². The second kappa shape index (κ2) is 4.58. The van der Waals surface area contributed by atoms with Crippen LogP contribution in [0.1, 0.15) is 20.2 Å². The van der Waals surface area contributed by atoms with Gasteiger partial charge in [-0.3, -0.25) is 9.48 Å². The van der Waals surface area contributed by atoms with Crippen LogP contribution >= 0.6 is 11.3 Å². The standard InChI is InChI=1S/C11H14N4OS/c1-7-9(12)5-10(17-7)11(16)13-6-8-3-4-14-15(8)2/h3-5H,6,12H2,1-2H3,(H,13,16). The minimum atomic E-state index is -0.101. The molecule has 0 aliphatic rings. The predicted molar refractivity (Wildman–Crippen MR) is 67.8 cm³/mol. The predicted octanol–water partition coefficient (Wildman–Crippen LogP) is 1.30. The molecular formula is C11H14N4OS. The maximum atomic E-state index is 11.8. The zero-order chi connectivity index (χ0) is 12.4. The van der Waals surface area contributed by atoms with Crippen LogP contribution in [0.3, 0.4) is 0 Å². The maximum absolute atomic E-state index is 11.8. The molecule has 17 heavy (non-hydrogen) atoms. The van der Waals surface area contributed by atoms with Gasteiger partial charge in [0.25, 0.3) is 5.91 Å². The molecule has 2 rings (SSSR count). The zero-order valence-electron chi connectivity index (χ0n) is 9.73. The van der Waals surface area contributed by atoms with Gasteiger partial charge >= 0.3 is 0 Å². The van der Waals surface area contributed by atoms with Gasteiger partial charge in [0, 0.05) is 23.8 Å². The van der Waals surface area contributed by atoms with Crippen molar-refractivity contribution in [2.24, 2.45) is 7.05 Å². The van der Waals surface area contributed by atoms with Gasteiger partial charge in [0.1, 0.15) is 0 Å². The Kier molecular flexibility index (Phi) is 3.14. The van der Waals surface area contributed by atoms with Crippen molar-refractivity contribution in [1.29, 1.82) is 0 Å². The van der Waals surface area contributed by atoms with Gasteiger partial charge in [-0.05, 0) is 19.1 Å². The van der Waals surface area contributed by atoms with Gasteiger partial charge in [-0.25, -0.2) is 0 Å². The number of rotatable bonds is 3. The molecule has 90 valence electrons. The molecule has 0 unspecified atom stereocenters. The molecular weight excluding hydrogens is 236 g/mol. The molecule has 0 aliphatic heterocycles. The fraction of sp³-hybridized carbons (Fsp3) is 0.273. The van der Waals surface area contributed by atoms with Crippen LogP contribution in [0.4, 0.5) is 5.69 Å². The first-order chi connectivity index (χ1) is 8.08. The largest absolute Gasteiger partial charge is 0.398 e. The molecule has 2 aromatic heterocycles. The highest BCUT2D eigenvalue weighted by atomic mass is 32.1. The van der Waals surface area contributed by atoms with Crippen molar-refractivity contribution in [3.63, 3.8) is 0 Å². The first-order valence-corrected chi connectivity index (χ1v) is 6.00. The number of amides is 1. The summed E-state index contributed by atoms with van der Waals surface area (Å²) in [6, 6.07) is 3.58. The Morgan fingerprint density at radius 1 is 1.65 bits per heavy atom. The van der Waals surface area contributed by atoms with Gasteiger partial charge in [0.2, 0.25) is 0 Å². The molecule has 2 aromatic rings. The summed E-state index contributed by atoms with van der Waals surface area (Å²) in [6.45, 7) is 2.37. The van der Waals surface area contributed by atoms with E-state index in [1.807, 2.05) is 20.0 Å². The molecule has 5 nitrogen and oxygen atoms in total. The fourth-order valence-corrected chi connectivity index (χ4v) is 2.30. The van der Waals surface area contributed by atoms with Crippen LogP contribution in [0.15, 0.2) is 18.3 Å². The molecule has 0 saturated heterocycles. The van der Waals surface area contributed by atoms with Gasteiger partial charge in [0.15, 0.2) is 0 Å². The van der Waals surface area contributed by atoms with Gasteiger partial charge in [-0.1, -0.05) is 0 Å². The lowest BCUT2D eigenvalue weighted by atomic mass is 10.3. The SMILES string of the molecule is Cc1sc(C(=O)NCc2ccnn2C)cc1N. The van der Waals surface area contributed by atoms with Crippen molar-refractivity contribution in [1.82, 2.24) is 15.1 Å². The van der Waals surface area contributed by atoms with E-state index >= 15 is 0 Å². The van der Waals surface area contributed by atoms with Crippen molar-refractivity contribution in [3.05, 3.63) is 33.8 Å². The van der Waals surface area contributed by atoms with E-state index in [1.54, 1.807) is 16.9 Å². The highest BCUT2D eigenvalue weighted by molar-refractivity contribution is 7.14. The smallest absolute Gasteiger partial charge is 0.261 e. The Balaban J connectivity index is 2.00. The lowest BCUT2D eigenvalue weighted by molar-refractivity contribution is 0.0954. The summed E-state index contributed by atoms with van der Waals surface area (Å²) in [5.74, 6) is -0.101. The summed E-state index contributed by atoms with van der Waals surface area (Å²) in [4.78, 5) is 13.4.